The van der Waals surface area contributed by atoms with Crippen molar-refractivity contribution in [3.05, 3.63) is 24.2 Å². The predicted octanol–water partition coefficient (Wildman–Crippen LogP) is 1.27. The predicted molar refractivity (Wildman–Crippen MR) is 58.6 cm³/mol. The van der Waals surface area contributed by atoms with E-state index >= 15 is 0 Å². The van der Waals surface area contributed by atoms with E-state index in [-0.39, 0.29) is 0 Å². The molecule has 4 nitrogen and oxygen atoms in total. The van der Waals surface area contributed by atoms with E-state index < -0.39 is 0 Å². The van der Waals surface area contributed by atoms with Crippen LogP contribution in [0.1, 0.15) is 24.4 Å². The zero-order valence-electron chi connectivity index (χ0n) is 8.56. The molecule has 0 aromatic carbocycles. The number of hydrogen-bond acceptors (Lipinski definition) is 3. The van der Waals surface area contributed by atoms with Gasteiger partial charge in [0, 0.05) is 12.2 Å². The Balaban J connectivity index is 2.05. The Morgan fingerprint density at radius 1 is 1.40 bits per heavy atom. The Kier molecular flexibility index (Phi) is 1.95. The van der Waals surface area contributed by atoms with Crippen molar-refractivity contribution in [2.24, 2.45) is 5.73 Å². The molecule has 2 aromatic heterocycles. The molecule has 0 unspecified atom stereocenters. The number of rotatable bonds is 3. The normalized spacial score (nSPS) is 16.1. The van der Waals surface area contributed by atoms with E-state index in [9.17, 15) is 0 Å². The summed E-state index contributed by atoms with van der Waals surface area (Å²) in [5, 5.41) is 0. The first kappa shape index (κ1) is 8.85. The maximum Gasteiger partial charge on any atom is 0.160 e. The van der Waals surface area contributed by atoms with Crippen molar-refractivity contribution in [1.82, 2.24) is 14.5 Å². The maximum atomic E-state index is 5.51. The number of aromatic nitrogens is 3. The lowest BCUT2D eigenvalue weighted by Gasteiger charge is -2.01. The van der Waals surface area contributed by atoms with Crippen molar-refractivity contribution in [2.75, 3.05) is 6.54 Å². The molecule has 2 heterocycles. The Labute approximate surface area is 88.1 Å². The van der Waals surface area contributed by atoms with Gasteiger partial charge in [-0.15, -0.1) is 0 Å². The van der Waals surface area contributed by atoms with Crippen LogP contribution in [-0.2, 0) is 6.42 Å². The molecule has 1 aliphatic carbocycles. The first-order valence-electron chi connectivity index (χ1n) is 5.40. The molecule has 0 atom stereocenters. The Morgan fingerprint density at radius 3 is 3.00 bits per heavy atom. The highest BCUT2D eigenvalue weighted by Gasteiger charge is 2.25. The minimum atomic E-state index is 0.642. The van der Waals surface area contributed by atoms with Crippen molar-refractivity contribution in [3.8, 4) is 0 Å². The molecular weight excluding hydrogens is 188 g/mol. The fourth-order valence-electron chi connectivity index (χ4n) is 1.88. The second-order valence-electron chi connectivity index (χ2n) is 4.11. The van der Waals surface area contributed by atoms with Gasteiger partial charge in [0.2, 0.25) is 0 Å². The average molecular weight is 202 g/mol. The maximum absolute atomic E-state index is 5.51. The molecule has 0 radical (unpaired) electrons. The molecule has 0 bridgehead atoms. The Bertz CT molecular complexity index is 484. The first-order chi connectivity index (χ1) is 7.38. The highest BCUT2D eigenvalue weighted by atomic mass is 15.1. The summed E-state index contributed by atoms with van der Waals surface area (Å²) in [6.45, 7) is 0.663. The van der Waals surface area contributed by atoms with Gasteiger partial charge in [0.15, 0.2) is 5.65 Å². The third-order valence-corrected chi connectivity index (χ3v) is 2.84. The zero-order chi connectivity index (χ0) is 10.3. The van der Waals surface area contributed by atoms with Crippen LogP contribution < -0.4 is 5.73 Å². The molecule has 15 heavy (non-hydrogen) atoms. The van der Waals surface area contributed by atoms with Gasteiger partial charge in [0.05, 0.1) is 6.33 Å². The summed E-state index contributed by atoms with van der Waals surface area (Å²) in [5.41, 5.74) is 8.69. The van der Waals surface area contributed by atoms with Gasteiger partial charge in [-0.1, -0.05) is 0 Å². The largest absolute Gasteiger partial charge is 0.330 e. The van der Waals surface area contributed by atoms with E-state index in [1.807, 2.05) is 12.5 Å². The quantitative estimate of drug-likeness (QED) is 0.815. The van der Waals surface area contributed by atoms with Crippen LogP contribution in [0.15, 0.2) is 18.6 Å². The van der Waals surface area contributed by atoms with E-state index in [4.69, 9.17) is 5.73 Å². The van der Waals surface area contributed by atoms with Gasteiger partial charge in [-0.25, -0.2) is 9.97 Å². The highest BCUT2D eigenvalue weighted by Crippen LogP contribution is 2.36. The van der Waals surface area contributed by atoms with Crippen LogP contribution in [0.2, 0.25) is 0 Å². The van der Waals surface area contributed by atoms with Crippen LogP contribution in [0.5, 0.6) is 0 Å². The van der Waals surface area contributed by atoms with E-state index in [1.54, 1.807) is 0 Å². The molecule has 0 amide bonds. The minimum absolute atomic E-state index is 0.642. The standard InChI is InChI=1S/C11H14N4/c12-4-3-8-5-10-11(13-6-8)15(7-14-10)9-1-2-9/h5-7,9H,1-4,12H2. The summed E-state index contributed by atoms with van der Waals surface area (Å²) in [7, 11) is 0. The molecule has 0 aliphatic heterocycles. The van der Waals surface area contributed by atoms with E-state index in [2.05, 4.69) is 20.6 Å². The van der Waals surface area contributed by atoms with Crippen LogP contribution in [0, 0.1) is 0 Å². The summed E-state index contributed by atoms with van der Waals surface area (Å²) < 4.78 is 2.18. The second kappa shape index (κ2) is 3.31. The van der Waals surface area contributed by atoms with Gasteiger partial charge in [-0.2, -0.15) is 0 Å². The lowest BCUT2D eigenvalue weighted by atomic mass is 10.2. The van der Waals surface area contributed by atoms with Crippen molar-refractivity contribution < 1.29 is 0 Å². The highest BCUT2D eigenvalue weighted by molar-refractivity contribution is 5.71. The number of hydrogen-bond donors (Lipinski definition) is 1. The molecule has 0 spiro atoms. The number of pyridine rings is 1. The summed E-state index contributed by atoms with van der Waals surface area (Å²) in [6, 6.07) is 2.73. The Hall–Kier alpha value is -1.42. The van der Waals surface area contributed by atoms with Crippen LogP contribution in [-0.4, -0.2) is 21.1 Å². The van der Waals surface area contributed by atoms with Crippen LogP contribution in [0.4, 0.5) is 0 Å². The van der Waals surface area contributed by atoms with Crippen LogP contribution in [0.25, 0.3) is 11.2 Å². The minimum Gasteiger partial charge on any atom is -0.330 e. The van der Waals surface area contributed by atoms with Gasteiger partial charge in [0.1, 0.15) is 5.52 Å². The fraction of sp³-hybridized carbons (Fsp3) is 0.455. The lowest BCUT2D eigenvalue weighted by molar-refractivity contribution is 0.757. The molecule has 1 saturated carbocycles. The monoisotopic (exact) mass is 202 g/mol. The number of imidazole rings is 1. The summed E-state index contributed by atoms with van der Waals surface area (Å²) in [5.74, 6) is 0. The van der Waals surface area contributed by atoms with E-state index in [0.29, 0.717) is 12.6 Å². The van der Waals surface area contributed by atoms with Gasteiger partial charge >= 0.3 is 0 Å². The smallest absolute Gasteiger partial charge is 0.160 e. The first-order valence-corrected chi connectivity index (χ1v) is 5.40. The molecule has 0 saturated heterocycles. The van der Waals surface area contributed by atoms with Crippen molar-refractivity contribution >= 4 is 11.2 Å². The third-order valence-electron chi connectivity index (χ3n) is 2.84. The summed E-state index contributed by atoms with van der Waals surface area (Å²) in [6.07, 6.45) is 7.21. The number of nitrogens with two attached hydrogens (primary N) is 1. The average Bonchev–Trinajstić information content (AvgIpc) is 3.00. The Morgan fingerprint density at radius 2 is 2.27 bits per heavy atom. The molecule has 2 aromatic rings. The molecule has 4 heteroatoms. The molecule has 3 rings (SSSR count). The third kappa shape index (κ3) is 1.51. The van der Waals surface area contributed by atoms with Crippen molar-refractivity contribution in [2.45, 2.75) is 25.3 Å². The van der Waals surface area contributed by atoms with E-state index in [0.717, 1.165) is 17.6 Å². The molecule has 1 aliphatic rings. The lowest BCUT2D eigenvalue weighted by Crippen LogP contribution is -2.03. The van der Waals surface area contributed by atoms with Gasteiger partial charge in [0.25, 0.3) is 0 Å². The van der Waals surface area contributed by atoms with Crippen LogP contribution >= 0.6 is 0 Å². The zero-order valence-corrected chi connectivity index (χ0v) is 8.56. The van der Waals surface area contributed by atoms with Gasteiger partial charge in [-0.05, 0) is 37.4 Å². The van der Waals surface area contributed by atoms with Gasteiger partial charge < -0.3 is 10.3 Å². The second-order valence-corrected chi connectivity index (χ2v) is 4.11. The van der Waals surface area contributed by atoms with Gasteiger partial charge in [-0.3, -0.25) is 0 Å². The molecule has 2 N–H and O–H groups in total. The fourth-order valence-corrected chi connectivity index (χ4v) is 1.88. The SMILES string of the molecule is NCCc1cnc2c(c1)ncn2C1CC1. The summed E-state index contributed by atoms with van der Waals surface area (Å²) in [4.78, 5) is 8.85. The molecule has 1 fully saturated rings. The van der Waals surface area contributed by atoms with Crippen molar-refractivity contribution in [3.63, 3.8) is 0 Å². The summed E-state index contributed by atoms with van der Waals surface area (Å²) >= 11 is 0. The topological polar surface area (TPSA) is 56.7 Å². The van der Waals surface area contributed by atoms with Crippen LogP contribution in [0.3, 0.4) is 0 Å². The number of nitrogens with zero attached hydrogens (tertiary/aromatic N) is 3. The molecule has 78 valence electrons. The van der Waals surface area contributed by atoms with Crippen molar-refractivity contribution in [1.29, 1.82) is 0 Å². The molecular formula is C11H14N4. The number of fused-ring (bicyclic) bond motifs is 1. The van der Waals surface area contributed by atoms with E-state index in [1.165, 1.54) is 18.4 Å².